The van der Waals surface area contributed by atoms with Crippen LogP contribution in [0.15, 0.2) is 24.3 Å². The predicted molar refractivity (Wildman–Crippen MR) is 83.5 cm³/mol. The van der Waals surface area contributed by atoms with E-state index in [9.17, 15) is 0 Å². The van der Waals surface area contributed by atoms with Crippen LogP contribution in [0.4, 0.5) is 0 Å². The molecule has 1 saturated carbocycles. The molecule has 112 valence electrons. The van der Waals surface area contributed by atoms with Gasteiger partial charge in [0, 0.05) is 11.6 Å². The molecule has 1 aromatic carbocycles. The van der Waals surface area contributed by atoms with Gasteiger partial charge in [-0.15, -0.1) is 0 Å². The molecule has 0 spiro atoms. The lowest BCUT2D eigenvalue weighted by atomic mass is 9.81. The van der Waals surface area contributed by atoms with Gasteiger partial charge >= 0.3 is 0 Å². The zero-order chi connectivity index (χ0) is 14.4. The second kappa shape index (κ2) is 7.99. The highest BCUT2D eigenvalue weighted by Gasteiger charge is 2.32. The third-order valence-electron chi connectivity index (χ3n) is 4.22. The molecule has 2 unspecified atom stereocenters. The molecule has 0 amide bonds. The number of ether oxygens (including phenoxy) is 1. The fraction of sp³-hybridized carbons (Fsp3) is 0.625. The van der Waals surface area contributed by atoms with Crippen molar-refractivity contribution in [1.29, 1.82) is 0 Å². The van der Waals surface area contributed by atoms with Crippen LogP contribution >= 0.6 is 11.6 Å². The fourth-order valence-corrected chi connectivity index (χ4v) is 3.50. The molecule has 1 aromatic rings. The van der Waals surface area contributed by atoms with Gasteiger partial charge in [-0.1, -0.05) is 49.1 Å². The smallest absolute Gasteiger partial charge is 0.0811 e. The third kappa shape index (κ3) is 3.73. The number of nitrogens with two attached hydrogens (primary N) is 1. The summed E-state index contributed by atoms with van der Waals surface area (Å²) in [4.78, 5) is 0. The highest BCUT2D eigenvalue weighted by Crippen LogP contribution is 2.36. The summed E-state index contributed by atoms with van der Waals surface area (Å²) in [6.45, 7) is 2.74. The Kier molecular flexibility index (Phi) is 6.30. The molecule has 4 heteroatoms. The van der Waals surface area contributed by atoms with E-state index in [1.807, 2.05) is 31.2 Å². The van der Waals surface area contributed by atoms with Crippen molar-refractivity contribution in [2.45, 2.75) is 51.2 Å². The summed E-state index contributed by atoms with van der Waals surface area (Å²) in [5.74, 6) is 6.38. The van der Waals surface area contributed by atoms with Crippen LogP contribution in [0.2, 0.25) is 5.02 Å². The largest absolute Gasteiger partial charge is 0.376 e. The Morgan fingerprint density at radius 2 is 2.00 bits per heavy atom. The van der Waals surface area contributed by atoms with E-state index >= 15 is 0 Å². The van der Waals surface area contributed by atoms with Crippen LogP contribution in [-0.4, -0.2) is 12.7 Å². The number of benzene rings is 1. The first-order valence-corrected chi connectivity index (χ1v) is 7.97. The van der Waals surface area contributed by atoms with Gasteiger partial charge in [-0.2, -0.15) is 0 Å². The van der Waals surface area contributed by atoms with Gasteiger partial charge in [-0.3, -0.25) is 11.3 Å². The molecule has 0 saturated heterocycles. The molecule has 20 heavy (non-hydrogen) atoms. The molecule has 2 rings (SSSR count). The van der Waals surface area contributed by atoms with Crippen molar-refractivity contribution in [3.8, 4) is 0 Å². The van der Waals surface area contributed by atoms with Crippen LogP contribution in [0.1, 0.15) is 50.6 Å². The minimum atomic E-state index is -0.0493. The highest BCUT2D eigenvalue weighted by atomic mass is 35.5. The van der Waals surface area contributed by atoms with Crippen molar-refractivity contribution < 1.29 is 4.74 Å². The van der Waals surface area contributed by atoms with Crippen LogP contribution < -0.4 is 11.3 Å². The van der Waals surface area contributed by atoms with Gasteiger partial charge < -0.3 is 4.74 Å². The van der Waals surface area contributed by atoms with Crippen LogP contribution in [-0.2, 0) is 4.74 Å². The number of hydrogen-bond donors (Lipinski definition) is 2. The van der Waals surface area contributed by atoms with Crippen LogP contribution in [0.25, 0.3) is 0 Å². The maximum atomic E-state index is 6.33. The van der Waals surface area contributed by atoms with Crippen molar-refractivity contribution in [2.75, 3.05) is 6.61 Å². The summed E-state index contributed by atoms with van der Waals surface area (Å²) in [7, 11) is 0. The number of nitrogens with one attached hydrogen (secondary N) is 1. The highest BCUT2D eigenvalue weighted by molar-refractivity contribution is 6.31. The van der Waals surface area contributed by atoms with Gasteiger partial charge in [0.15, 0.2) is 0 Å². The van der Waals surface area contributed by atoms with Gasteiger partial charge in [0.25, 0.3) is 0 Å². The number of halogens is 1. The van der Waals surface area contributed by atoms with Gasteiger partial charge in [-0.05, 0) is 37.3 Å². The lowest BCUT2D eigenvalue weighted by Gasteiger charge is -2.35. The van der Waals surface area contributed by atoms with Gasteiger partial charge in [-0.25, -0.2) is 0 Å². The predicted octanol–water partition coefficient (Wildman–Crippen LogP) is 3.83. The Morgan fingerprint density at radius 3 is 2.60 bits per heavy atom. The van der Waals surface area contributed by atoms with E-state index < -0.39 is 0 Å². The molecular formula is C16H25ClN2O. The van der Waals surface area contributed by atoms with E-state index in [0.29, 0.717) is 12.5 Å². The Hall–Kier alpha value is -0.610. The fourth-order valence-electron chi connectivity index (χ4n) is 3.25. The second-order valence-electron chi connectivity index (χ2n) is 5.48. The molecule has 1 aliphatic rings. The van der Waals surface area contributed by atoms with Crippen molar-refractivity contribution in [1.82, 2.24) is 5.43 Å². The van der Waals surface area contributed by atoms with Crippen molar-refractivity contribution in [2.24, 2.45) is 11.8 Å². The van der Waals surface area contributed by atoms with Crippen molar-refractivity contribution in [3.63, 3.8) is 0 Å². The first-order chi connectivity index (χ1) is 9.77. The molecule has 0 aliphatic heterocycles. The van der Waals surface area contributed by atoms with E-state index in [0.717, 1.165) is 10.6 Å². The standard InChI is InChI=1S/C16H25ClN2O/c1-2-20-16(12-8-4-3-5-9-12)15(19-18)13-10-6-7-11-14(13)17/h6-7,10-12,15-16,19H,2-5,8-9,18H2,1H3. The van der Waals surface area contributed by atoms with Crippen LogP contribution in [0.3, 0.4) is 0 Å². The minimum Gasteiger partial charge on any atom is -0.376 e. The summed E-state index contributed by atoms with van der Waals surface area (Å²) in [5.41, 5.74) is 3.96. The zero-order valence-corrected chi connectivity index (χ0v) is 12.9. The molecule has 1 aliphatic carbocycles. The first kappa shape index (κ1) is 15.8. The van der Waals surface area contributed by atoms with Gasteiger partial charge in [0.1, 0.15) is 0 Å². The van der Waals surface area contributed by atoms with Crippen molar-refractivity contribution >= 4 is 11.6 Å². The first-order valence-electron chi connectivity index (χ1n) is 7.60. The monoisotopic (exact) mass is 296 g/mol. The summed E-state index contributed by atoms with van der Waals surface area (Å²) >= 11 is 6.33. The minimum absolute atomic E-state index is 0.0493. The summed E-state index contributed by atoms with van der Waals surface area (Å²) in [6, 6.07) is 7.82. The average molecular weight is 297 g/mol. The molecule has 0 radical (unpaired) electrons. The van der Waals surface area contributed by atoms with Crippen LogP contribution in [0.5, 0.6) is 0 Å². The topological polar surface area (TPSA) is 47.3 Å². The Morgan fingerprint density at radius 1 is 1.30 bits per heavy atom. The second-order valence-corrected chi connectivity index (χ2v) is 5.89. The number of rotatable bonds is 6. The normalized spacial score (nSPS) is 19.8. The average Bonchev–Trinajstić information content (AvgIpc) is 2.50. The quantitative estimate of drug-likeness (QED) is 0.619. The van der Waals surface area contributed by atoms with Crippen molar-refractivity contribution in [3.05, 3.63) is 34.9 Å². The SMILES string of the molecule is CCOC(C1CCCCC1)C(NN)c1ccccc1Cl. The maximum Gasteiger partial charge on any atom is 0.0811 e. The van der Waals surface area contributed by atoms with E-state index in [2.05, 4.69) is 5.43 Å². The van der Waals surface area contributed by atoms with Gasteiger partial charge in [0.2, 0.25) is 0 Å². The maximum absolute atomic E-state index is 6.33. The molecule has 3 N–H and O–H groups in total. The summed E-state index contributed by atoms with van der Waals surface area (Å²) < 4.78 is 6.04. The lowest BCUT2D eigenvalue weighted by molar-refractivity contribution is -0.0184. The molecule has 1 fully saturated rings. The number of hydrazine groups is 1. The lowest BCUT2D eigenvalue weighted by Crippen LogP contribution is -2.42. The molecule has 3 nitrogen and oxygen atoms in total. The molecule has 0 heterocycles. The zero-order valence-electron chi connectivity index (χ0n) is 12.1. The third-order valence-corrected chi connectivity index (χ3v) is 4.57. The Balaban J connectivity index is 2.22. The summed E-state index contributed by atoms with van der Waals surface area (Å²) in [6.07, 6.45) is 6.43. The summed E-state index contributed by atoms with van der Waals surface area (Å²) in [5, 5.41) is 0.746. The van der Waals surface area contributed by atoms with E-state index in [1.54, 1.807) is 0 Å². The molecular weight excluding hydrogens is 272 g/mol. The van der Waals surface area contributed by atoms with E-state index in [-0.39, 0.29) is 12.1 Å². The van der Waals surface area contributed by atoms with Gasteiger partial charge in [0.05, 0.1) is 12.1 Å². The molecule has 0 aromatic heterocycles. The number of hydrogen-bond acceptors (Lipinski definition) is 3. The molecule has 0 bridgehead atoms. The molecule has 2 atom stereocenters. The van der Waals surface area contributed by atoms with E-state index in [4.69, 9.17) is 22.2 Å². The Bertz CT molecular complexity index is 407. The van der Waals surface area contributed by atoms with Crippen LogP contribution in [0, 0.1) is 5.92 Å². The van der Waals surface area contributed by atoms with E-state index in [1.165, 1.54) is 32.1 Å². The Labute approximate surface area is 126 Å².